The molecule has 0 unspecified atom stereocenters. The summed E-state index contributed by atoms with van der Waals surface area (Å²) in [6, 6.07) is 4.69. The van der Waals surface area contributed by atoms with Crippen molar-refractivity contribution in [1.82, 2.24) is 0 Å². The summed E-state index contributed by atoms with van der Waals surface area (Å²) in [6.07, 6.45) is 4.73. The van der Waals surface area contributed by atoms with E-state index in [1.54, 1.807) is 0 Å². The normalized spacial score (nSPS) is 10.9. The van der Waals surface area contributed by atoms with Gasteiger partial charge in [-0.3, -0.25) is 0 Å². The van der Waals surface area contributed by atoms with Crippen molar-refractivity contribution in [3.05, 3.63) is 35.7 Å². The van der Waals surface area contributed by atoms with Crippen LogP contribution in [0.2, 0.25) is 0 Å². The van der Waals surface area contributed by atoms with Gasteiger partial charge in [-0.05, 0) is 36.8 Å². The van der Waals surface area contributed by atoms with Gasteiger partial charge < -0.3 is 4.74 Å². The largest absolute Gasteiger partial charge is 0.494 e. The molecule has 1 nitrogen and oxygen atoms in total. The lowest BCUT2D eigenvalue weighted by molar-refractivity contribution is 0.338. The van der Waals surface area contributed by atoms with Gasteiger partial charge in [0, 0.05) is 6.07 Å². The number of hydrogen-bond acceptors (Lipinski definition) is 2. The van der Waals surface area contributed by atoms with E-state index in [0.717, 1.165) is 17.7 Å². The van der Waals surface area contributed by atoms with Crippen LogP contribution >= 0.6 is 12.6 Å². The van der Waals surface area contributed by atoms with Crippen LogP contribution in [-0.2, 0) is 0 Å². The van der Waals surface area contributed by atoms with E-state index in [-0.39, 0.29) is 5.82 Å². The summed E-state index contributed by atoms with van der Waals surface area (Å²) in [7, 11) is 0. The van der Waals surface area contributed by atoms with Crippen molar-refractivity contribution >= 4 is 18.7 Å². The molecule has 0 bridgehead atoms. The minimum Gasteiger partial charge on any atom is -0.494 e. The Balaban J connectivity index is 2.78. The van der Waals surface area contributed by atoms with Gasteiger partial charge in [0.1, 0.15) is 11.6 Å². The number of hydrogen-bond donors (Lipinski definition) is 1. The first-order valence-corrected chi connectivity index (χ1v) is 5.60. The van der Waals surface area contributed by atoms with Crippen molar-refractivity contribution in [1.29, 1.82) is 0 Å². The molecule has 1 aromatic rings. The van der Waals surface area contributed by atoms with Gasteiger partial charge in [-0.25, -0.2) is 4.39 Å². The van der Waals surface area contributed by atoms with E-state index in [0.29, 0.717) is 12.4 Å². The molecule has 82 valence electrons. The maximum absolute atomic E-state index is 13.1. The molecule has 0 atom stereocenters. The Morgan fingerprint density at radius 3 is 2.87 bits per heavy atom. The average Bonchev–Trinajstić information content (AvgIpc) is 2.18. The van der Waals surface area contributed by atoms with Crippen LogP contribution in [0.1, 0.15) is 18.9 Å². The van der Waals surface area contributed by atoms with Gasteiger partial charge >= 0.3 is 0 Å². The minimum atomic E-state index is -0.272. The molecule has 0 aliphatic carbocycles. The van der Waals surface area contributed by atoms with Gasteiger partial charge in [-0.1, -0.05) is 12.2 Å². The fourth-order valence-corrected chi connectivity index (χ4v) is 1.37. The number of thiol groups is 1. The summed E-state index contributed by atoms with van der Waals surface area (Å²) in [4.78, 5) is 0. The van der Waals surface area contributed by atoms with Crippen LogP contribution in [0, 0.1) is 5.82 Å². The van der Waals surface area contributed by atoms with E-state index in [1.807, 2.05) is 25.1 Å². The predicted octanol–water partition coefficient (Wildman–Crippen LogP) is 3.56. The first-order valence-electron chi connectivity index (χ1n) is 4.97. The molecule has 0 radical (unpaired) electrons. The highest BCUT2D eigenvalue weighted by atomic mass is 32.1. The second-order valence-corrected chi connectivity index (χ2v) is 3.52. The highest BCUT2D eigenvalue weighted by molar-refractivity contribution is 7.80. The van der Waals surface area contributed by atoms with E-state index in [4.69, 9.17) is 4.74 Å². The summed E-state index contributed by atoms with van der Waals surface area (Å²) >= 11 is 4.09. The molecule has 3 heteroatoms. The van der Waals surface area contributed by atoms with Crippen LogP contribution in [0.4, 0.5) is 4.39 Å². The standard InChI is InChI=1S/C12H15FOS/c1-2-14-12-8-10(5-3-4-6-15)7-11(13)9-12/h3,5,7-9,15H,2,4,6H2,1H3. The summed E-state index contributed by atoms with van der Waals surface area (Å²) in [5.74, 6) is 1.10. The maximum atomic E-state index is 13.1. The molecule has 0 amide bonds. The van der Waals surface area contributed by atoms with Crippen LogP contribution in [0.5, 0.6) is 5.75 Å². The third-order valence-corrected chi connectivity index (χ3v) is 2.07. The van der Waals surface area contributed by atoms with Crippen LogP contribution in [-0.4, -0.2) is 12.4 Å². The summed E-state index contributed by atoms with van der Waals surface area (Å²) < 4.78 is 18.4. The fraction of sp³-hybridized carbons (Fsp3) is 0.333. The van der Waals surface area contributed by atoms with Gasteiger partial charge in [0.15, 0.2) is 0 Å². The van der Waals surface area contributed by atoms with Gasteiger partial charge in [-0.2, -0.15) is 12.6 Å². The lowest BCUT2D eigenvalue weighted by atomic mass is 10.2. The van der Waals surface area contributed by atoms with Crippen molar-refractivity contribution in [3.8, 4) is 5.75 Å². The molecular formula is C12H15FOS. The fourth-order valence-electron chi connectivity index (χ4n) is 1.22. The molecule has 0 aliphatic rings. The highest BCUT2D eigenvalue weighted by Crippen LogP contribution is 2.17. The zero-order chi connectivity index (χ0) is 11.1. The lowest BCUT2D eigenvalue weighted by Gasteiger charge is -2.04. The van der Waals surface area contributed by atoms with Crippen molar-refractivity contribution in [3.63, 3.8) is 0 Å². The van der Waals surface area contributed by atoms with E-state index in [9.17, 15) is 4.39 Å². The Bertz CT molecular complexity index is 336. The highest BCUT2D eigenvalue weighted by Gasteiger charge is 1.98. The zero-order valence-electron chi connectivity index (χ0n) is 8.74. The summed E-state index contributed by atoms with van der Waals surface area (Å²) in [5.41, 5.74) is 0.820. The molecule has 0 fully saturated rings. The monoisotopic (exact) mass is 226 g/mol. The van der Waals surface area contributed by atoms with Crippen LogP contribution < -0.4 is 4.74 Å². The molecule has 0 N–H and O–H groups in total. The molecule has 1 rings (SSSR count). The van der Waals surface area contributed by atoms with Crippen molar-refractivity contribution < 1.29 is 9.13 Å². The Kier molecular flexibility index (Phi) is 5.26. The lowest BCUT2D eigenvalue weighted by Crippen LogP contribution is -1.92. The topological polar surface area (TPSA) is 9.23 Å². The predicted molar refractivity (Wildman–Crippen MR) is 65.1 cm³/mol. The van der Waals surface area contributed by atoms with E-state index in [2.05, 4.69) is 12.6 Å². The number of ether oxygens (including phenoxy) is 1. The van der Waals surface area contributed by atoms with Crippen molar-refractivity contribution in [2.24, 2.45) is 0 Å². The third kappa shape index (κ3) is 4.38. The van der Waals surface area contributed by atoms with Gasteiger partial charge in [0.05, 0.1) is 6.61 Å². The molecule has 0 spiro atoms. The number of benzene rings is 1. The minimum absolute atomic E-state index is 0.272. The van der Waals surface area contributed by atoms with Gasteiger partial charge in [-0.15, -0.1) is 0 Å². The van der Waals surface area contributed by atoms with Crippen LogP contribution in [0.15, 0.2) is 24.3 Å². The molecule has 0 saturated heterocycles. The van der Waals surface area contributed by atoms with Gasteiger partial charge in [0.25, 0.3) is 0 Å². The number of halogens is 1. The van der Waals surface area contributed by atoms with Crippen molar-refractivity contribution in [2.45, 2.75) is 13.3 Å². The molecular weight excluding hydrogens is 211 g/mol. The molecule has 15 heavy (non-hydrogen) atoms. The Morgan fingerprint density at radius 2 is 2.20 bits per heavy atom. The molecule has 0 heterocycles. The average molecular weight is 226 g/mol. The second-order valence-electron chi connectivity index (χ2n) is 3.07. The zero-order valence-corrected chi connectivity index (χ0v) is 9.64. The first kappa shape index (κ1) is 12.1. The molecule has 0 saturated carbocycles. The summed E-state index contributed by atoms with van der Waals surface area (Å²) in [6.45, 7) is 2.42. The second kappa shape index (κ2) is 6.51. The number of rotatable bonds is 5. The SMILES string of the molecule is CCOc1cc(F)cc(C=CCCS)c1. The van der Waals surface area contributed by atoms with Crippen LogP contribution in [0.25, 0.3) is 6.08 Å². The Morgan fingerprint density at radius 1 is 1.40 bits per heavy atom. The third-order valence-electron chi connectivity index (χ3n) is 1.81. The molecule has 0 aliphatic heterocycles. The molecule has 1 aromatic carbocycles. The van der Waals surface area contributed by atoms with Crippen LogP contribution in [0.3, 0.4) is 0 Å². The Hall–Kier alpha value is -0.960. The smallest absolute Gasteiger partial charge is 0.127 e. The quantitative estimate of drug-likeness (QED) is 0.755. The maximum Gasteiger partial charge on any atom is 0.127 e. The van der Waals surface area contributed by atoms with E-state index in [1.165, 1.54) is 12.1 Å². The Labute approximate surface area is 95.4 Å². The first-order chi connectivity index (χ1) is 7.26. The summed E-state index contributed by atoms with van der Waals surface area (Å²) in [5, 5.41) is 0. The van der Waals surface area contributed by atoms with E-state index >= 15 is 0 Å². The molecule has 0 aromatic heterocycles. The number of allylic oxidation sites excluding steroid dienone is 1. The van der Waals surface area contributed by atoms with E-state index < -0.39 is 0 Å². The van der Waals surface area contributed by atoms with Gasteiger partial charge in [0.2, 0.25) is 0 Å². The van der Waals surface area contributed by atoms with Crippen molar-refractivity contribution in [2.75, 3.05) is 12.4 Å².